The van der Waals surface area contributed by atoms with E-state index in [1.807, 2.05) is 12.1 Å². The van der Waals surface area contributed by atoms with Crippen molar-refractivity contribution in [1.82, 2.24) is 19.9 Å². The number of rotatable bonds is 4. The van der Waals surface area contributed by atoms with E-state index in [1.165, 1.54) is 0 Å². The van der Waals surface area contributed by atoms with Crippen molar-refractivity contribution in [3.8, 4) is 17.3 Å². The summed E-state index contributed by atoms with van der Waals surface area (Å²) in [5.41, 5.74) is 8.79. The summed E-state index contributed by atoms with van der Waals surface area (Å²) in [6, 6.07) is 7.07. The van der Waals surface area contributed by atoms with Crippen molar-refractivity contribution >= 4 is 11.7 Å². The first-order chi connectivity index (χ1) is 12.6. The third kappa shape index (κ3) is 2.97. The van der Waals surface area contributed by atoms with Crippen LogP contribution < -0.4 is 15.4 Å². The second-order valence-corrected chi connectivity index (χ2v) is 6.04. The number of methoxy groups -OCH3 is 1. The van der Waals surface area contributed by atoms with Crippen LogP contribution in [0.3, 0.4) is 0 Å². The summed E-state index contributed by atoms with van der Waals surface area (Å²) in [6.45, 7) is 1.41. The Labute approximate surface area is 150 Å². The van der Waals surface area contributed by atoms with Crippen LogP contribution in [0.1, 0.15) is 21.7 Å². The Morgan fingerprint density at radius 1 is 1.31 bits per heavy atom. The SMILES string of the molecule is COc1ccc(-c2nc3c([nH]2)CN(c2cc(C(N)=O)ccn2)CC3)cn1. The normalized spacial score (nSPS) is 13.3. The van der Waals surface area contributed by atoms with Crippen LogP contribution >= 0.6 is 0 Å². The Morgan fingerprint density at radius 3 is 2.92 bits per heavy atom. The summed E-state index contributed by atoms with van der Waals surface area (Å²) in [5, 5.41) is 0. The Morgan fingerprint density at radius 2 is 2.19 bits per heavy atom. The highest BCUT2D eigenvalue weighted by Gasteiger charge is 2.22. The van der Waals surface area contributed by atoms with Crippen LogP contribution in [0.2, 0.25) is 0 Å². The third-order valence-electron chi connectivity index (χ3n) is 4.40. The van der Waals surface area contributed by atoms with Gasteiger partial charge >= 0.3 is 0 Å². The fourth-order valence-electron chi connectivity index (χ4n) is 3.01. The second-order valence-electron chi connectivity index (χ2n) is 6.04. The number of imidazole rings is 1. The molecule has 3 N–H and O–H groups in total. The molecule has 0 saturated carbocycles. The van der Waals surface area contributed by atoms with E-state index in [2.05, 4.69) is 19.9 Å². The summed E-state index contributed by atoms with van der Waals surface area (Å²) in [4.78, 5) is 30.1. The number of H-pyrrole nitrogens is 1. The predicted octanol–water partition coefficient (Wildman–Crippen LogP) is 1.54. The molecule has 26 heavy (non-hydrogen) atoms. The molecule has 8 nitrogen and oxygen atoms in total. The Bertz CT molecular complexity index is 951. The second kappa shape index (κ2) is 6.47. The maximum Gasteiger partial charge on any atom is 0.248 e. The number of nitrogens with one attached hydrogen (secondary N) is 1. The number of hydrogen-bond donors (Lipinski definition) is 2. The van der Waals surface area contributed by atoms with E-state index in [0.717, 1.165) is 41.6 Å². The average molecular weight is 350 g/mol. The number of primary amides is 1. The molecule has 0 aliphatic carbocycles. The standard InChI is InChI=1S/C18H18N6O2/c1-26-16-3-2-12(9-21-16)18-22-13-5-7-24(10-14(13)23-18)15-8-11(17(19)25)4-6-20-15/h2-4,6,8-9H,5,7,10H2,1H3,(H2,19,25)(H,22,23). The maximum atomic E-state index is 11.4. The highest BCUT2D eigenvalue weighted by molar-refractivity contribution is 5.93. The highest BCUT2D eigenvalue weighted by atomic mass is 16.5. The first kappa shape index (κ1) is 16.1. The fourth-order valence-corrected chi connectivity index (χ4v) is 3.01. The third-order valence-corrected chi connectivity index (χ3v) is 4.40. The molecule has 1 aliphatic heterocycles. The number of nitrogens with zero attached hydrogens (tertiary/aromatic N) is 4. The maximum absolute atomic E-state index is 11.4. The number of aromatic nitrogens is 4. The molecule has 0 radical (unpaired) electrons. The number of pyridine rings is 2. The summed E-state index contributed by atoms with van der Waals surface area (Å²) in [7, 11) is 1.59. The summed E-state index contributed by atoms with van der Waals surface area (Å²) in [6.07, 6.45) is 4.13. The summed E-state index contributed by atoms with van der Waals surface area (Å²) in [5.74, 6) is 1.62. The van der Waals surface area contributed by atoms with Gasteiger partial charge in [0.1, 0.15) is 11.6 Å². The van der Waals surface area contributed by atoms with Gasteiger partial charge in [0.25, 0.3) is 0 Å². The molecule has 3 aromatic rings. The van der Waals surface area contributed by atoms with E-state index in [1.54, 1.807) is 31.6 Å². The molecular weight excluding hydrogens is 332 g/mol. The van der Waals surface area contributed by atoms with Crippen LogP contribution in [-0.4, -0.2) is 39.5 Å². The van der Waals surface area contributed by atoms with Crippen molar-refractivity contribution in [3.05, 3.63) is 53.6 Å². The highest BCUT2D eigenvalue weighted by Crippen LogP contribution is 2.25. The number of hydrogen-bond acceptors (Lipinski definition) is 6. The van der Waals surface area contributed by atoms with Gasteiger partial charge in [-0.2, -0.15) is 0 Å². The van der Waals surface area contributed by atoms with Crippen molar-refractivity contribution in [1.29, 1.82) is 0 Å². The zero-order valence-electron chi connectivity index (χ0n) is 14.3. The van der Waals surface area contributed by atoms with Gasteiger partial charge in [0.2, 0.25) is 11.8 Å². The molecule has 3 aromatic heterocycles. The topological polar surface area (TPSA) is 110 Å². The van der Waals surface area contributed by atoms with E-state index < -0.39 is 5.91 Å². The number of aromatic amines is 1. The van der Waals surface area contributed by atoms with Gasteiger partial charge in [-0.1, -0.05) is 0 Å². The minimum atomic E-state index is -0.456. The molecule has 4 heterocycles. The first-order valence-electron chi connectivity index (χ1n) is 8.23. The molecule has 0 saturated heterocycles. The van der Waals surface area contributed by atoms with Gasteiger partial charge in [0.05, 0.1) is 25.0 Å². The van der Waals surface area contributed by atoms with E-state index in [0.29, 0.717) is 18.0 Å². The van der Waals surface area contributed by atoms with Crippen molar-refractivity contribution < 1.29 is 9.53 Å². The lowest BCUT2D eigenvalue weighted by molar-refractivity contribution is 0.1000. The number of nitrogens with two attached hydrogens (primary N) is 1. The molecule has 0 atom stereocenters. The van der Waals surface area contributed by atoms with Crippen LogP contribution in [0.5, 0.6) is 5.88 Å². The number of ether oxygens (including phenoxy) is 1. The zero-order valence-corrected chi connectivity index (χ0v) is 14.3. The van der Waals surface area contributed by atoms with Gasteiger partial charge in [-0.05, 0) is 18.2 Å². The van der Waals surface area contributed by atoms with Crippen LogP contribution in [-0.2, 0) is 13.0 Å². The molecule has 0 aromatic carbocycles. The largest absolute Gasteiger partial charge is 0.481 e. The number of amides is 1. The number of fused-ring (bicyclic) bond motifs is 1. The van der Waals surface area contributed by atoms with E-state index >= 15 is 0 Å². The van der Waals surface area contributed by atoms with Crippen LogP contribution in [0.25, 0.3) is 11.4 Å². The minimum absolute atomic E-state index is 0.454. The van der Waals surface area contributed by atoms with Crippen LogP contribution in [0.4, 0.5) is 5.82 Å². The predicted molar refractivity (Wildman–Crippen MR) is 95.9 cm³/mol. The zero-order chi connectivity index (χ0) is 18.1. The Balaban J connectivity index is 1.58. The van der Waals surface area contributed by atoms with E-state index in [9.17, 15) is 4.79 Å². The molecule has 0 fully saturated rings. The Hall–Kier alpha value is -3.42. The summed E-state index contributed by atoms with van der Waals surface area (Å²) >= 11 is 0. The lowest BCUT2D eigenvalue weighted by Gasteiger charge is -2.27. The molecule has 0 unspecified atom stereocenters. The van der Waals surface area contributed by atoms with Crippen molar-refractivity contribution in [2.24, 2.45) is 5.73 Å². The van der Waals surface area contributed by atoms with Gasteiger partial charge in [-0.3, -0.25) is 4.79 Å². The average Bonchev–Trinajstić information content (AvgIpc) is 3.11. The van der Waals surface area contributed by atoms with Crippen molar-refractivity contribution in [2.75, 3.05) is 18.6 Å². The van der Waals surface area contributed by atoms with Crippen molar-refractivity contribution in [3.63, 3.8) is 0 Å². The molecule has 4 rings (SSSR count). The first-order valence-corrected chi connectivity index (χ1v) is 8.23. The van der Waals surface area contributed by atoms with Gasteiger partial charge in [0.15, 0.2) is 0 Å². The van der Waals surface area contributed by atoms with Crippen molar-refractivity contribution in [2.45, 2.75) is 13.0 Å². The summed E-state index contributed by atoms with van der Waals surface area (Å²) < 4.78 is 5.09. The Kier molecular flexibility index (Phi) is 4.00. The van der Waals surface area contributed by atoms with Gasteiger partial charge in [-0.15, -0.1) is 0 Å². The van der Waals surface area contributed by atoms with Gasteiger partial charge < -0.3 is 20.4 Å². The lowest BCUT2D eigenvalue weighted by Crippen LogP contribution is -2.31. The van der Waals surface area contributed by atoms with E-state index in [4.69, 9.17) is 15.5 Å². The molecule has 0 bridgehead atoms. The molecule has 1 amide bonds. The molecular formula is C18H18N6O2. The molecule has 0 spiro atoms. The quantitative estimate of drug-likeness (QED) is 0.738. The lowest BCUT2D eigenvalue weighted by atomic mass is 10.1. The molecule has 1 aliphatic rings. The van der Waals surface area contributed by atoms with Gasteiger partial charge in [-0.25, -0.2) is 15.0 Å². The van der Waals surface area contributed by atoms with Crippen LogP contribution in [0.15, 0.2) is 36.7 Å². The number of carbonyl (C=O) groups is 1. The number of carbonyl (C=O) groups excluding carboxylic acids is 1. The van der Waals surface area contributed by atoms with E-state index in [-0.39, 0.29) is 0 Å². The van der Waals surface area contributed by atoms with Gasteiger partial charge in [0, 0.05) is 42.6 Å². The smallest absolute Gasteiger partial charge is 0.248 e. The molecule has 132 valence electrons. The monoisotopic (exact) mass is 350 g/mol. The minimum Gasteiger partial charge on any atom is -0.481 e. The van der Waals surface area contributed by atoms with Crippen LogP contribution in [0, 0.1) is 0 Å². The fraction of sp³-hybridized carbons (Fsp3) is 0.222. The molecule has 8 heteroatoms. The number of anilines is 1.